The smallest absolute Gasteiger partial charge is 0.255 e. The first kappa shape index (κ1) is 29.1. The fourth-order valence-electron chi connectivity index (χ4n) is 7.44. The average Bonchev–Trinajstić information content (AvgIpc) is 3.32. The fraction of sp³-hybridized carbons (Fsp3) is 0.567. The molecule has 1 heterocycles. The number of ketones is 2. The van der Waals surface area contributed by atoms with E-state index in [2.05, 4.69) is 25.7 Å². The van der Waals surface area contributed by atoms with Gasteiger partial charge in [0.25, 0.3) is 5.91 Å². The number of aromatic hydroxyl groups is 1. The van der Waals surface area contributed by atoms with E-state index in [0.29, 0.717) is 24.2 Å². The van der Waals surface area contributed by atoms with Crippen LogP contribution < -0.4 is 10.6 Å². The van der Waals surface area contributed by atoms with Gasteiger partial charge < -0.3 is 31.1 Å². The maximum absolute atomic E-state index is 14.1. The topological polar surface area (TPSA) is 168 Å². The molecule has 1 saturated carbocycles. The van der Waals surface area contributed by atoms with Crippen LogP contribution in [-0.4, -0.2) is 93.1 Å². The Morgan fingerprint density at radius 2 is 1.68 bits per heavy atom. The highest BCUT2D eigenvalue weighted by Gasteiger charge is 2.64. The van der Waals surface area contributed by atoms with E-state index in [0.717, 1.165) is 17.7 Å². The molecule has 1 aromatic rings. The highest BCUT2D eigenvalue weighted by molar-refractivity contribution is 6.24. The number of Topliss-reactive ketones (excluding diaryl/α,β-unsaturated/α-hetero) is 2. The molecule has 3 aliphatic carbocycles. The van der Waals surface area contributed by atoms with Gasteiger partial charge in [-0.05, 0) is 64.3 Å². The standard InChI is InChI=1S/C30H40N4O7/c1-8-29(2,3)34-11-15-16(12-34)23(35)19-14(21(15)32(4)5)9-13-10-17-22(33(6)7)25(37)20(28(31)40)27(39)30(17,41)26(38)18(13)24(19)36/h13,17,22,35-36,39,41H,8-12H2,1-7H3,(H2,31,40)/t13-,17-,22-,30-/m0/s1. The summed E-state index contributed by atoms with van der Waals surface area (Å²) in [4.78, 5) is 45.4. The predicted molar refractivity (Wildman–Crippen MR) is 152 cm³/mol. The zero-order valence-electron chi connectivity index (χ0n) is 24.7. The molecule has 0 bridgehead atoms. The number of phenolic OH excluding ortho intramolecular Hbond substituents is 1. The minimum absolute atomic E-state index is 0.0610. The number of carbonyl (C=O) groups is 3. The van der Waals surface area contributed by atoms with Crippen LogP contribution in [0.4, 0.5) is 5.69 Å². The number of benzene rings is 1. The van der Waals surface area contributed by atoms with Crippen molar-refractivity contribution in [1.29, 1.82) is 0 Å². The molecule has 0 radical (unpaired) electrons. The van der Waals surface area contributed by atoms with Gasteiger partial charge in [0.1, 0.15) is 22.8 Å². The number of rotatable bonds is 5. The third kappa shape index (κ3) is 3.78. The van der Waals surface area contributed by atoms with Crippen molar-refractivity contribution in [1.82, 2.24) is 9.80 Å². The highest BCUT2D eigenvalue weighted by Crippen LogP contribution is 2.56. The fourth-order valence-corrected chi connectivity index (χ4v) is 7.44. The second-order valence-corrected chi connectivity index (χ2v) is 12.9. The van der Waals surface area contributed by atoms with Gasteiger partial charge in [0.15, 0.2) is 11.4 Å². The number of hydrogen-bond acceptors (Lipinski definition) is 10. The Hall–Kier alpha value is -3.41. The van der Waals surface area contributed by atoms with Crippen LogP contribution in [0.15, 0.2) is 16.9 Å². The number of hydrogen-bond donors (Lipinski definition) is 5. The first-order valence-corrected chi connectivity index (χ1v) is 14.0. The second-order valence-electron chi connectivity index (χ2n) is 12.9. The van der Waals surface area contributed by atoms with E-state index in [1.165, 1.54) is 4.90 Å². The summed E-state index contributed by atoms with van der Waals surface area (Å²) in [7, 11) is 6.97. The molecule has 1 aromatic carbocycles. The molecule has 0 saturated heterocycles. The summed E-state index contributed by atoms with van der Waals surface area (Å²) in [5.41, 5.74) is 4.99. The minimum Gasteiger partial charge on any atom is -0.508 e. The maximum atomic E-state index is 14.1. The number of phenols is 1. The monoisotopic (exact) mass is 568 g/mol. The SMILES string of the molecule is CCC(C)(C)N1Cc2c(O)c3c(c(N(C)C)c2C1)C[C@H]1C[C@H]2[C@H](N(C)C)C(=O)C(C(N)=O)=C(O)[C@@]2(O)C(=O)C1=C3O. The Labute approximate surface area is 239 Å². The lowest BCUT2D eigenvalue weighted by atomic mass is 9.57. The van der Waals surface area contributed by atoms with E-state index in [-0.39, 0.29) is 35.3 Å². The summed E-state index contributed by atoms with van der Waals surface area (Å²) in [5, 5.41) is 46.2. The number of likely N-dealkylation sites (N-methyl/N-ethyl adjacent to an activating group) is 1. The van der Waals surface area contributed by atoms with Crippen LogP contribution in [0.3, 0.4) is 0 Å². The first-order valence-electron chi connectivity index (χ1n) is 14.0. The second kappa shape index (κ2) is 9.30. The summed E-state index contributed by atoms with van der Waals surface area (Å²) in [6, 6.07) is -1.11. The number of aliphatic hydroxyl groups is 3. The molecule has 1 amide bonds. The van der Waals surface area contributed by atoms with Crippen molar-refractivity contribution in [2.24, 2.45) is 17.6 Å². The number of carbonyl (C=O) groups excluding carboxylic acids is 3. The molecule has 0 unspecified atom stereocenters. The summed E-state index contributed by atoms with van der Waals surface area (Å²) in [6.45, 7) is 7.46. The molecule has 5 rings (SSSR count). The first-order chi connectivity index (χ1) is 19.0. The molecule has 0 aromatic heterocycles. The van der Waals surface area contributed by atoms with Crippen LogP contribution >= 0.6 is 0 Å². The third-order valence-corrected chi connectivity index (χ3v) is 9.94. The summed E-state index contributed by atoms with van der Waals surface area (Å²) in [6.07, 6.45) is 1.21. The Morgan fingerprint density at radius 3 is 2.22 bits per heavy atom. The average molecular weight is 569 g/mol. The van der Waals surface area contributed by atoms with Crippen LogP contribution in [0.1, 0.15) is 55.9 Å². The van der Waals surface area contributed by atoms with Crippen molar-refractivity contribution >= 4 is 28.9 Å². The van der Waals surface area contributed by atoms with E-state index in [1.54, 1.807) is 14.1 Å². The minimum atomic E-state index is -2.65. The molecule has 222 valence electrons. The number of anilines is 1. The van der Waals surface area contributed by atoms with Gasteiger partial charge in [-0.1, -0.05) is 6.92 Å². The van der Waals surface area contributed by atoms with Crippen LogP contribution in [0.2, 0.25) is 0 Å². The molecule has 4 aliphatic rings. The van der Waals surface area contributed by atoms with E-state index < -0.39 is 58.0 Å². The Morgan fingerprint density at radius 1 is 1.07 bits per heavy atom. The zero-order chi connectivity index (χ0) is 30.5. The van der Waals surface area contributed by atoms with Crippen molar-refractivity contribution in [2.75, 3.05) is 33.1 Å². The molecule has 1 fully saturated rings. The van der Waals surface area contributed by atoms with Crippen LogP contribution in [0.25, 0.3) is 5.76 Å². The third-order valence-electron chi connectivity index (χ3n) is 9.94. The molecule has 4 atom stereocenters. The Bertz CT molecular complexity index is 1460. The zero-order valence-corrected chi connectivity index (χ0v) is 24.7. The summed E-state index contributed by atoms with van der Waals surface area (Å²) >= 11 is 0. The molecule has 0 spiro atoms. The molecular formula is C30H40N4O7. The molecule has 11 heteroatoms. The van der Waals surface area contributed by atoms with Gasteiger partial charge >= 0.3 is 0 Å². The van der Waals surface area contributed by atoms with E-state index in [4.69, 9.17) is 5.73 Å². The quantitative estimate of drug-likeness (QED) is 0.329. The van der Waals surface area contributed by atoms with Crippen molar-refractivity contribution in [3.05, 3.63) is 39.2 Å². The number of fused-ring (bicyclic) bond motifs is 4. The number of primary amides is 1. The van der Waals surface area contributed by atoms with Crippen molar-refractivity contribution < 1.29 is 34.8 Å². The van der Waals surface area contributed by atoms with Gasteiger partial charge in [0.2, 0.25) is 5.78 Å². The van der Waals surface area contributed by atoms with E-state index in [9.17, 15) is 34.8 Å². The lowest BCUT2D eigenvalue weighted by Gasteiger charge is -2.50. The van der Waals surface area contributed by atoms with Crippen LogP contribution in [-0.2, 0) is 33.9 Å². The number of nitrogens with zero attached hydrogens (tertiary/aromatic N) is 3. The van der Waals surface area contributed by atoms with Crippen molar-refractivity contribution in [3.8, 4) is 5.75 Å². The lowest BCUT2D eigenvalue weighted by Crippen LogP contribution is -2.65. The summed E-state index contributed by atoms with van der Waals surface area (Å²) in [5.74, 6) is -6.39. The summed E-state index contributed by atoms with van der Waals surface area (Å²) < 4.78 is 0. The van der Waals surface area contributed by atoms with Crippen LogP contribution in [0, 0.1) is 11.8 Å². The largest absolute Gasteiger partial charge is 0.508 e. The van der Waals surface area contributed by atoms with Gasteiger partial charge in [0.05, 0.1) is 11.6 Å². The molecule has 11 nitrogen and oxygen atoms in total. The van der Waals surface area contributed by atoms with Gasteiger partial charge in [-0.25, -0.2) is 0 Å². The molecule has 41 heavy (non-hydrogen) atoms. The molecular weight excluding hydrogens is 528 g/mol. The Kier molecular flexibility index (Phi) is 6.60. The number of nitrogens with two attached hydrogens (primary N) is 1. The van der Waals surface area contributed by atoms with E-state index in [1.807, 2.05) is 19.0 Å². The van der Waals surface area contributed by atoms with E-state index >= 15 is 0 Å². The number of amides is 1. The van der Waals surface area contributed by atoms with Crippen LogP contribution in [0.5, 0.6) is 5.75 Å². The number of aliphatic hydroxyl groups excluding tert-OH is 2. The normalized spacial score (nSPS) is 28.1. The maximum Gasteiger partial charge on any atom is 0.255 e. The molecule has 6 N–H and O–H groups in total. The molecule has 1 aliphatic heterocycles. The van der Waals surface area contributed by atoms with Gasteiger partial charge in [-0.15, -0.1) is 0 Å². The van der Waals surface area contributed by atoms with Crippen molar-refractivity contribution in [2.45, 2.75) is 70.3 Å². The van der Waals surface area contributed by atoms with Gasteiger partial charge in [-0.3, -0.25) is 24.2 Å². The van der Waals surface area contributed by atoms with Gasteiger partial charge in [-0.2, -0.15) is 0 Å². The predicted octanol–water partition coefficient (Wildman–Crippen LogP) is 1.53. The highest BCUT2D eigenvalue weighted by atomic mass is 16.3. The van der Waals surface area contributed by atoms with Crippen molar-refractivity contribution in [3.63, 3.8) is 0 Å². The Balaban J connectivity index is 1.74. The van der Waals surface area contributed by atoms with Gasteiger partial charge in [0, 0.05) is 55.5 Å². The lowest BCUT2D eigenvalue weighted by molar-refractivity contribution is -0.153.